The molecule has 5 rings (SSSR count). The first-order valence-corrected chi connectivity index (χ1v) is 11.2. The first-order chi connectivity index (χ1) is 18.0. The number of rotatable bonds is 7. The van der Waals surface area contributed by atoms with E-state index >= 15 is 0 Å². The molecule has 3 aromatic carbocycles. The molecule has 0 radical (unpaired) electrons. The summed E-state index contributed by atoms with van der Waals surface area (Å²) in [5.74, 6) is -0.657. The Morgan fingerprint density at radius 2 is 1.81 bits per heavy atom. The van der Waals surface area contributed by atoms with E-state index in [4.69, 9.17) is 9.15 Å². The van der Waals surface area contributed by atoms with Gasteiger partial charge in [-0.15, -0.1) is 0 Å². The monoisotopic (exact) mass is 493 g/mol. The van der Waals surface area contributed by atoms with Crippen LogP contribution in [-0.4, -0.2) is 20.7 Å². The molecule has 9 heteroatoms. The number of carbonyl (C=O) groups is 1. The van der Waals surface area contributed by atoms with Crippen LogP contribution in [0, 0.1) is 10.1 Å². The number of nitrogens with zero attached hydrogens (tertiary/aromatic N) is 3. The second kappa shape index (κ2) is 10.1. The lowest BCUT2D eigenvalue weighted by molar-refractivity contribution is -0.384. The molecular formula is C28H19N3O6. The van der Waals surface area contributed by atoms with Gasteiger partial charge in [0.25, 0.3) is 5.69 Å². The highest BCUT2D eigenvalue weighted by Crippen LogP contribution is 2.25. The summed E-state index contributed by atoms with van der Waals surface area (Å²) in [5.41, 5.74) is 2.16. The Kier molecular flexibility index (Phi) is 6.41. The SMILES string of the molecule is O=C(/C=C/c1cn(-c2ccccc2)nc1-c1cc2ccccc2oc1=O)OCc1cccc([N+](=O)[O-])c1. The second-order valence-electron chi connectivity index (χ2n) is 8.07. The largest absolute Gasteiger partial charge is 0.458 e. The van der Waals surface area contributed by atoms with E-state index in [0.717, 1.165) is 11.1 Å². The molecule has 9 nitrogen and oxygen atoms in total. The highest BCUT2D eigenvalue weighted by atomic mass is 16.6. The van der Waals surface area contributed by atoms with E-state index in [1.54, 1.807) is 35.1 Å². The predicted octanol–water partition coefficient (Wildman–Crippen LogP) is 5.31. The van der Waals surface area contributed by atoms with Crippen LogP contribution < -0.4 is 5.63 Å². The predicted molar refractivity (Wildman–Crippen MR) is 137 cm³/mol. The van der Waals surface area contributed by atoms with E-state index in [2.05, 4.69) is 5.10 Å². The summed E-state index contributed by atoms with van der Waals surface area (Å²) in [6, 6.07) is 24.1. The van der Waals surface area contributed by atoms with Crippen molar-refractivity contribution in [1.29, 1.82) is 0 Å². The summed E-state index contributed by atoms with van der Waals surface area (Å²) in [4.78, 5) is 35.7. The molecule has 0 saturated carbocycles. The van der Waals surface area contributed by atoms with Crippen molar-refractivity contribution in [3.63, 3.8) is 0 Å². The van der Waals surface area contributed by atoms with E-state index in [-0.39, 0.29) is 17.9 Å². The van der Waals surface area contributed by atoms with Crippen LogP contribution in [0.3, 0.4) is 0 Å². The molecule has 5 aromatic rings. The van der Waals surface area contributed by atoms with Crippen LogP contribution in [-0.2, 0) is 16.1 Å². The Balaban J connectivity index is 1.46. The molecule has 2 heterocycles. The second-order valence-corrected chi connectivity index (χ2v) is 8.07. The van der Waals surface area contributed by atoms with Gasteiger partial charge in [0.2, 0.25) is 0 Å². The summed E-state index contributed by atoms with van der Waals surface area (Å²) < 4.78 is 12.3. The number of carbonyl (C=O) groups excluding carboxylic acids is 1. The zero-order valence-electron chi connectivity index (χ0n) is 19.3. The molecule has 0 unspecified atom stereocenters. The van der Waals surface area contributed by atoms with Gasteiger partial charge in [0.1, 0.15) is 17.9 Å². The first-order valence-electron chi connectivity index (χ1n) is 11.2. The topological polar surface area (TPSA) is 117 Å². The van der Waals surface area contributed by atoms with Gasteiger partial charge in [0, 0.05) is 35.4 Å². The number of ether oxygens (including phenoxy) is 1. The van der Waals surface area contributed by atoms with Gasteiger partial charge in [-0.3, -0.25) is 10.1 Å². The number of nitro groups is 1. The summed E-state index contributed by atoms with van der Waals surface area (Å²) in [7, 11) is 0. The number of nitro benzene ring substituents is 1. The van der Waals surface area contributed by atoms with E-state index in [1.165, 1.54) is 30.4 Å². The summed E-state index contributed by atoms with van der Waals surface area (Å²) in [6.07, 6.45) is 4.42. The maximum atomic E-state index is 12.8. The Bertz CT molecular complexity index is 1700. The quantitative estimate of drug-likeness (QED) is 0.0991. The fraction of sp³-hybridized carbons (Fsp3) is 0.0357. The lowest BCUT2D eigenvalue weighted by Gasteiger charge is -2.02. The Morgan fingerprint density at radius 3 is 2.62 bits per heavy atom. The Morgan fingerprint density at radius 1 is 1.03 bits per heavy atom. The third-order valence-corrected chi connectivity index (χ3v) is 5.56. The van der Waals surface area contributed by atoms with Gasteiger partial charge in [-0.05, 0) is 35.9 Å². The van der Waals surface area contributed by atoms with Crippen LogP contribution in [0.2, 0.25) is 0 Å². The number of benzene rings is 3. The first kappa shape index (κ1) is 23.4. The molecule has 0 bridgehead atoms. The minimum absolute atomic E-state index is 0.0868. The van der Waals surface area contributed by atoms with Gasteiger partial charge in [-0.2, -0.15) is 5.10 Å². The van der Waals surface area contributed by atoms with Gasteiger partial charge in [-0.25, -0.2) is 14.3 Å². The van der Waals surface area contributed by atoms with Crippen molar-refractivity contribution in [1.82, 2.24) is 9.78 Å². The number of hydrogen-bond acceptors (Lipinski definition) is 7. The molecule has 182 valence electrons. The van der Waals surface area contributed by atoms with Crippen LogP contribution in [0.4, 0.5) is 5.69 Å². The average Bonchev–Trinajstić information content (AvgIpc) is 3.35. The minimum atomic E-state index is -0.657. The maximum Gasteiger partial charge on any atom is 0.345 e. The molecule has 0 spiro atoms. The van der Waals surface area contributed by atoms with Gasteiger partial charge >= 0.3 is 11.6 Å². The van der Waals surface area contributed by atoms with Gasteiger partial charge in [0.15, 0.2) is 0 Å². The molecule has 0 amide bonds. The van der Waals surface area contributed by atoms with E-state index in [1.807, 2.05) is 42.5 Å². The van der Waals surface area contributed by atoms with E-state index < -0.39 is 16.5 Å². The van der Waals surface area contributed by atoms with Crippen molar-refractivity contribution < 1.29 is 18.9 Å². The number of para-hydroxylation sites is 2. The van der Waals surface area contributed by atoms with Crippen molar-refractivity contribution in [3.05, 3.63) is 129 Å². The molecule has 0 aliphatic heterocycles. The van der Waals surface area contributed by atoms with Gasteiger partial charge in [-0.1, -0.05) is 48.5 Å². The number of non-ortho nitro benzene ring substituents is 1. The lowest BCUT2D eigenvalue weighted by Crippen LogP contribution is -2.04. The van der Waals surface area contributed by atoms with Crippen molar-refractivity contribution in [3.8, 4) is 16.9 Å². The fourth-order valence-corrected chi connectivity index (χ4v) is 3.78. The third kappa shape index (κ3) is 5.20. The van der Waals surface area contributed by atoms with Crippen LogP contribution in [0.1, 0.15) is 11.1 Å². The van der Waals surface area contributed by atoms with Crippen molar-refractivity contribution >= 4 is 28.7 Å². The zero-order valence-corrected chi connectivity index (χ0v) is 19.3. The summed E-state index contributed by atoms with van der Waals surface area (Å²) in [5, 5.41) is 16.3. The average molecular weight is 493 g/mol. The lowest BCUT2D eigenvalue weighted by atomic mass is 10.1. The molecule has 0 atom stereocenters. The van der Waals surface area contributed by atoms with Crippen molar-refractivity contribution in [2.24, 2.45) is 0 Å². The molecule has 0 fully saturated rings. The van der Waals surface area contributed by atoms with Gasteiger partial charge < -0.3 is 9.15 Å². The Hall–Kier alpha value is -5.31. The molecule has 0 aliphatic rings. The normalized spacial score (nSPS) is 11.1. The Labute approximate surface area is 210 Å². The fourth-order valence-electron chi connectivity index (χ4n) is 3.78. The molecule has 0 N–H and O–H groups in total. The zero-order chi connectivity index (χ0) is 25.8. The maximum absolute atomic E-state index is 12.8. The molecule has 0 aliphatic carbocycles. The smallest absolute Gasteiger partial charge is 0.345 e. The molecule has 37 heavy (non-hydrogen) atoms. The highest BCUT2D eigenvalue weighted by molar-refractivity contribution is 5.89. The highest BCUT2D eigenvalue weighted by Gasteiger charge is 2.16. The number of aromatic nitrogens is 2. The van der Waals surface area contributed by atoms with Crippen molar-refractivity contribution in [2.45, 2.75) is 6.61 Å². The number of fused-ring (bicyclic) bond motifs is 1. The number of hydrogen-bond donors (Lipinski definition) is 0. The van der Waals surface area contributed by atoms with Crippen LogP contribution in [0.5, 0.6) is 0 Å². The molecule has 0 saturated heterocycles. The van der Waals surface area contributed by atoms with E-state index in [9.17, 15) is 19.7 Å². The summed E-state index contributed by atoms with van der Waals surface area (Å²) >= 11 is 0. The molecule has 2 aromatic heterocycles. The van der Waals surface area contributed by atoms with E-state index in [0.29, 0.717) is 22.4 Å². The minimum Gasteiger partial charge on any atom is -0.458 e. The summed E-state index contributed by atoms with van der Waals surface area (Å²) in [6.45, 7) is -0.130. The number of esters is 1. The third-order valence-electron chi connectivity index (χ3n) is 5.56. The van der Waals surface area contributed by atoms with Gasteiger partial charge in [0.05, 0.1) is 16.2 Å². The standard InChI is InChI=1S/C28H19N3O6/c32-26(36-18-19-7-6-11-23(15-19)31(34)35)14-13-21-17-30(22-9-2-1-3-10-22)29-27(21)24-16-20-8-4-5-12-25(20)37-28(24)33/h1-17H,18H2/b14-13+. The molecular weight excluding hydrogens is 474 g/mol. The van der Waals surface area contributed by atoms with Crippen molar-refractivity contribution in [2.75, 3.05) is 0 Å². The van der Waals surface area contributed by atoms with Crippen LogP contribution in [0.25, 0.3) is 34.0 Å². The van der Waals surface area contributed by atoms with Crippen LogP contribution >= 0.6 is 0 Å². The van der Waals surface area contributed by atoms with Crippen LogP contribution in [0.15, 0.2) is 106 Å².